The number of carbonyl (C=O) groups excluding carboxylic acids is 2. The van der Waals surface area contributed by atoms with Gasteiger partial charge in [-0.3, -0.25) is 14.6 Å². The van der Waals surface area contributed by atoms with Gasteiger partial charge in [-0.25, -0.2) is 0 Å². The van der Waals surface area contributed by atoms with Crippen molar-refractivity contribution in [2.24, 2.45) is 22.2 Å². The minimum absolute atomic E-state index is 0. The molecule has 4 aliphatic rings. The zero-order chi connectivity index (χ0) is 21.0. The Hall–Kier alpha value is -1.95. The van der Waals surface area contributed by atoms with Crippen molar-refractivity contribution in [3.05, 3.63) is 23.9 Å². The van der Waals surface area contributed by atoms with Crippen LogP contribution in [0.4, 0.5) is 0 Å². The van der Waals surface area contributed by atoms with Crippen molar-refractivity contribution in [1.29, 1.82) is 0 Å². The van der Waals surface area contributed by atoms with Gasteiger partial charge in [0.2, 0.25) is 11.8 Å². The molecule has 4 rings (SSSR count). The third-order valence-electron chi connectivity index (χ3n) is 7.29. The van der Waals surface area contributed by atoms with E-state index in [0.29, 0.717) is 24.4 Å². The molecule has 3 heterocycles. The normalized spacial score (nSPS) is 28.9. The molecule has 3 fully saturated rings. The molecule has 2 amide bonds. The fraction of sp³-hybridized carbons (Fsp3) is 0.708. The summed E-state index contributed by atoms with van der Waals surface area (Å²) < 4.78 is 0. The van der Waals surface area contributed by atoms with Gasteiger partial charge in [-0.2, -0.15) is 0 Å². The quantitative estimate of drug-likeness (QED) is 0.514. The van der Waals surface area contributed by atoms with Gasteiger partial charge in [0.1, 0.15) is 0 Å². The number of rotatable bonds is 7. The van der Waals surface area contributed by atoms with Crippen molar-refractivity contribution in [1.82, 2.24) is 15.1 Å². The second kappa shape index (κ2) is 9.46. The predicted octanol–water partition coefficient (Wildman–Crippen LogP) is 3.01. The highest BCUT2D eigenvalue weighted by molar-refractivity contribution is 5.88. The summed E-state index contributed by atoms with van der Waals surface area (Å²) in [7, 11) is 0. The summed E-state index contributed by atoms with van der Waals surface area (Å²) in [6.07, 6.45) is 15.1. The summed E-state index contributed by atoms with van der Waals surface area (Å²) in [6, 6.07) is 0. The van der Waals surface area contributed by atoms with Crippen LogP contribution in [-0.2, 0) is 9.59 Å². The lowest BCUT2D eigenvalue weighted by molar-refractivity contribution is -0.132. The summed E-state index contributed by atoms with van der Waals surface area (Å²) in [5, 5.41) is 3.03. The SMILES string of the molecule is CCCCNC(=O)C1CCN(C(=O)C=C2CCN(CC34C=CN=CC3C4)CC2)CC1.[HH]. The molecule has 0 aromatic rings. The van der Waals surface area contributed by atoms with Crippen LogP contribution in [0.5, 0.6) is 0 Å². The predicted molar refractivity (Wildman–Crippen MR) is 121 cm³/mol. The number of unbranched alkanes of at least 4 members (excludes halogenated alkanes) is 1. The van der Waals surface area contributed by atoms with Crippen molar-refractivity contribution in [2.75, 3.05) is 39.3 Å². The molecule has 2 atom stereocenters. The van der Waals surface area contributed by atoms with Crippen LogP contribution in [0.25, 0.3) is 0 Å². The lowest BCUT2D eigenvalue weighted by Gasteiger charge is -2.33. The number of likely N-dealkylation sites (tertiary alicyclic amines) is 2. The molecule has 166 valence electrons. The number of nitrogens with zero attached hydrogens (tertiary/aromatic N) is 3. The van der Waals surface area contributed by atoms with E-state index in [-0.39, 0.29) is 19.2 Å². The van der Waals surface area contributed by atoms with E-state index >= 15 is 0 Å². The smallest absolute Gasteiger partial charge is 0.246 e. The second-order valence-electron chi connectivity index (χ2n) is 9.48. The van der Waals surface area contributed by atoms with E-state index in [1.165, 1.54) is 12.0 Å². The molecule has 0 radical (unpaired) electrons. The van der Waals surface area contributed by atoms with E-state index < -0.39 is 0 Å². The zero-order valence-corrected chi connectivity index (χ0v) is 18.3. The molecule has 0 aromatic heterocycles. The van der Waals surface area contributed by atoms with Crippen molar-refractivity contribution < 1.29 is 11.0 Å². The van der Waals surface area contributed by atoms with Crippen LogP contribution in [0.15, 0.2) is 28.9 Å². The first kappa shape index (κ1) is 21.3. The summed E-state index contributed by atoms with van der Waals surface area (Å²) in [5.41, 5.74) is 1.62. The van der Waals surface area contributed by atoms with Crippen LogP contribution in [-0.4, -0.2) is 67.1 Å². The largest absolute Gasteiger partial charge is 0.356 e. The lowest BCUT2D eigenvalue weighted by atomic mass is 9.95. The minimum Gasteiger partial charge on any atom is -0.356 e. The first-order chi connectivity index (χ1) is 14.6. The van der Waals surface area contributed by atoms with E-state index in [4.69, 9.17) is 0 Å². The summed E-state index contributed by atoms with van der Waals surface area (Å²) in [4.78, 5) is 33.7. The molecule has 6 heteroatoms. The van der Waals surface area contributed by atoms with Crippen LogP contribution < -0.4 is 5.32 Å². The Balaban J connectivity index is 0.00000272. The Morgan fingerprint density at radius 1 is 1.27 bits per heavy atom. The average molecular weight is 415 g/mol. The zero-order valence-electron chi connectivity index (χ0n) is 18.3. The highest BCUT2D eigenvalue weighted by Crippen LogP contribution is 2.54. The van der Waals surface area contributed by atoms with Crippen molar-refractivity contribution >= 4 is 18.0 Å². The Bertz CT molecular complexity index is 732. The van der Waals surface area contributed by atoms with Gasteiger partial charge in [0.15, 0.2) is 0 Å². The fourth-order valence-corrected chi connectivity index (χ4v) is 5.04. The van der Waals surface area contributed by atoms with Crippen LogP contribution in [0.1, 0.15) is 53.3 Å². The highest BCUT2D eigenvalue weighted by Gasteiger charge is 2.52. The molecule has 2 saturated heterocycles. The molecule has 1 aliphatic carbocycles. The average Bonchev–Trinajstić information content (AvgIpc) is 3.49. The third-order valence-corrected chi connectivity index (χ3v) is 7.29. The number of amides is 2. The van der Waals surface area contributed by atoms with Crippen molar-refractivity contribution in [3.63, 3.8) is 0 Å². The topological polar surface area (TPSA) is 65.0 Å². The van der Waals surface area contributed by atoms with Gasteiger partial charge >= 0.3 is 0 Å². The molecule has 2 unspecified atom stereocenters. The monoisotopic (exact) mass is 414 g/mol. The number of hydrogen-bond donors (Lipinski definition) is 1. The number of nitrogens with one attached hydrogen (secondary N) is 1. The van der Waals surface area contributed by atoms with Gasteiger partial charge in [0.25, 0.3) is 0 Å². The van der Waals surface area contributed by atoms with Gasteiger partial charge in [0.05, 0.1) is 0 Å². The highest BCUT2D eigenvalue weighted by atomic mass is 16.2. The van der Waals surface area contributed by atoms with Gasteiger partial charge in [-0.05, 0) is 38.5 Å². The van der Waals surface area contributed by atoms with E-state index in [0.717, 1.165) is 64.7 Å². The minimum atomic E-state index is 0. The van der Waals surface area contributed by atoms with Gasteiger partial charge in [-0.1, -0.05) is 25.0 Å². The first-order valence-electron chi connectivity index (χ1n) is 11.8. The fourth-order valence-electron chi connectivity index (χ4n) is 5.04. The summed E-state index contributed by atoms with van der Waals surface area (Å²) >= 11 is 0. The Morgan fingerprint density at radius 2 is 2.03 bits per heavy atom. The number of fused-ring (bicyclic) bond motifs is 1. The van der Waals surface area contributed by atoms with E-state index in [2.05, 4.69) is 34.4 Å². The third kappa shape index (κ3) is 5.02. The molecule has 3 aliphatic heterocycles. The molecule has 1 N–H and O–H groups in total. The molecular weight excluding hydrogens is 376 g/mol. The van der Waals surface area contributed by atoms with Crippen molar-refractivity contribution in [3.8, 4) is 0 Å². The molecule has 30 heavy (non-hydrogen) atoms. The van der Waals surface area contributed by atoms with Gasteiger partial charge in [0, 0.05) is 76.4 Å². The van der Waals surface area contributed by atoms with Gasteiger partial charge < -0.3 is 15.1 Å². The Morgan fingerprint density at radius 3 is 2.73 bits per heavy atom. The molecule has 0 aromatic carbocycles. The van der Waals surface area contributed by atoms with E-state index in [9.17, 15) is 9.59 Å². The van der Waals surface area contributed by atoms with Crippen LogP contribution in [0, 0.1) is 17.3 Å². The Labute approximate surface area is 182 Å². The molecule has 0 bridgehead atoms. The molecule has 1 saturated carbocycles. The Kier molecular flexibility index (Phi) is 6.71. The number of carbonyl (C=O) groups is 2. The van der Waals surface area contributed by atoms with Crippen LogP contribution >= 0.6 is 0 Å². The second-order valence-corrected chi connectivity index (χ2v) is 9.48. The van der Waals surface area contributed by atoms with Crippen molar-refractivity contribution in [2.45, 2.75) is 51.9 Å². The van der Waals surface area contributed by atoms with Gasteiger partial charge in [-0.15, -0.1) is 0 Å². The first-order valence-corrected chi connectivity index (χ1v) is 11.8. The number of piperidine rings is 2. The van der Waals surface area contributed by atoms with Crippen LogP contribution in [0.3, 0.4) is 0 Å². The summed E-state index contributed by atoms with van der Waals surface area (Å²) in [6.45, 7) is 7.48. The maximum absolute atomic E-state index is 12.7. The van der Waals surface area contributed by atoms with E-state index in [1.54, 1.807) is 0 Å². The maximum atomic E-state index is 12.7. The number of hydrogen-bond acceptors (Lipinski definition) is 4. The summed E-state index contributed by atoms with van der Waals surface area (Å²) in [5.74, 6) is 0.997. The molecule has 6 nitrogen and oxygen atoms in total. The van der Waals surface area contributed by atoms with Crippen LogP contribution in [0.2, 0.25) is 0 Å². The lowest BCUT2D eigenvalue weighted by Crippen LogP contribution is -2.43. The molecule has 0 spiro atoms. The molecular formula is C24H38N4O2. The standard InChI is InChI=1S/C24H36N4O2.H2/c1-2-3-9-26-23(30)20-6-13-28(14-7-20)22(29)15-19-4-11-27(12-5-19)18-24-8-10-25-17-21(24)16-24;/h8,10,15,17,20-21H,2-7,9,11-14,16,18H2,1H3,(H,26,30);1H. The van der Waals surface area contributed by atoms with E-state index in [1.807, 2.05) is 17.2 Å². The maximum Gasteiger partial charge on any atom is 0.246 e. The number of aliphatic imine (C=N–C) groups is 1.